The van der Waals surface area contributed by atoms with Crippen LogP contribution in [0.3, 0.4) is 0 Å². The number of likely N-dealkylation sites (tertiary alicyclic amines) is 1. The van der Waals surface area contributed by atoms with Crippen LogP contribution in [0.1, 0.15) is 64.1 Å². The van der Waals surface area contributed by atoms with Gasteiger partial charge in [0, 0.05) is 24.1 Å². The highest BCUT2D eigenvalue weighted by Gasteiger charge is 2.22. The molecule has 0 N–H and O–H groups in total. The summed E-state index contributed by atoms with van der Waals surface area (Å²) in [7, 11) is 0. The van der Waals surface area contributed by atoms with Gasteiger partial charge in [-0.2, -0.15) is 5.10 Å². The Labute approximate surface area is 131 Å². The highest BCUT2D eigenvalue weighted by atomic mass is 79.9. The Bertz CT molecular complexity index is 385. The van der Waals surface area contributed by atoms with Crippen LogP contribution >= 0.6 is 15.9 Å². The third kappa shape index (κ3) is 4.08. The molecule has 0 bridgehead atoms. The Morgan fingerprint density at radius 3 is 2.85 bits per heavy atom. The van der Waals surface area contributed by atoms with Gasteiger partial charge in [-0.1, -0.05) is 36.2 Å². The first kappa shape index (κ1) is 16.0. The molecule has 1 saturated heterocycles. The molecular weight excluding hydrogens is 314 g/mol. The Kier molecular flexibility index (Phi) is 6.56. The number of hydrogen-bond donors (Lipinski definition) is 0. The number of alkyl halides is 1. The summed E-state index contributed by atoms with van der Waals surface area (Å²) in [5.74, 6) is 0. The third-order valence-corrected chi connectivity index (χ3v) is 4.99. The van der Waals surface area contributed by atoms with Gasteiger partial charge < -0.3 is 0 Å². The maximum Gasteiger partial charge on any atom is 0.0765 e. The van der Waals surface area contributed by atoms with Crippen molar-refractivity contribution in [3.8, 4) is 0 Å². The summed E-state index contributed by atoms with van der Waals surface area (Å²) in [6.07, 6.45) is 9.81. The summed E-state index contributed by atoms with van der Waals surface area (Å²) < 4.78 is 2.17. The number of halogens is 1. The van der Waals surface area contributed by atoms with Crippen molar-refractivity contribution in [3.05, 3.63) is 18.0 Å². The zero-order valence-electron chi connectivity index (χ0n) is 12.9. The highest BCUT2D eigenvalue weighted by molar-refractivity contribution is 9.09. The lowest BCUT2D eigenvalue weighted by molar-refractivity contribution is 0.135. The molecule has 2 heterocycles. The maximum absolute atomic E-state index is 4.80. The molecule has 1 aromatic heterocycles. The summed E-state index contributed by atoms with van der Waals surface area (Å²) >= 11 is 3.59. The van der Waals surface area contributed by atoms with Crippen LogP contribution in [-0.2, 0) is 6.54 Å². The van der Waals surface area contributed by atoms with E-state index in [9.17, 15) is 0 Å². The van der Waals surface area contributed by atoms with Gasteiger partial charge in [-0.3, -0.25) is 9.58 Å². The van der Waals surface area contributed by atoms with Gasteiger partial charge in [0.2, 0.25) is 0 Å². The van der Waals surface area contributed by atoms with Crippen molar-refractivity contribution >= 4 is 15.9 Å². The molecule has 1 aliphatic heterocycles. The van der Waals surface area contributed by atoms with E-state index in [0.29, 0.717) is 6.04 Å². The van der Waals surface area contributed by atoms with Gasteiger partial charge in [0.25, 0.3) is 0 Å². The number of rotatable bonds is 7. The fourth-order valence-corrected chi connectivity index (χ4v) is 3.79. The minimum absolute atomic E-state index is 0.559. The maximum atomic E-state index is 4.80. The third-order valence-electron chi connectivity index (χ3n) is 4.54. The Morgan fingerprint density at radius 2 is 2.15 bits per heavy atom. The van der Waals surface area contributed by atoms with Crippen LogP contribution in [0.5, 0.6) is 0 Å². The quantitative estimate of drug-likeness (QED) is 0.686. The number of aromatic nitrogens is 2. The minimum atomic E-state index is 0.559. The molecule has 0 saturated carbocycles. The second-order valence-electron chi connectivity index (χ2n) is 5.86. The summed E-state index contributed by atoms with van der Waals surface area (Å²) in [6, 6.07) is 3.50. The average molecular weight is 342 g/mol. The molecule has 0 aliphatic carbocycles. The lowest BCUT2D eigenvalue weighted by Gasteiger charge is -2.35. The predicted molar refractivity (Wildman–Crippen MR) is 88.3 cm³/mol. The van der Waals surface area contributed by atoms with Crippen LogP contribution in [0, 0.1) is 0 Å². The van der Waals surface area contributed by atoms with Gasteiger partial charge in [0.15, 0.2) is 0 Å². The van der Waals surface area contributed by atoms with Crippen LogP contribution in [0.25, 0.3) is 0 Å². The van der Waals surface area contributed by atoms with Gasteiger partial charge >= 0.3 is 0 Å². The van der Waals surface area contributed by atoms with Crippen molar-refractivity contribution in [1.29, 1.82) is 0 Å². The zero-order valence-corrected chi connectivity index (χ0v) is 14.5. The van der Waals surface area contributed by atoms with Crippen LogP contribution < -0.4 is 0 Å². The Hall–Kier alpha value is -0.350. The SMILES string of the molecule is CCC(CC)n1ccc(CN2CCCCC2CCBr)n1. The van der Waals surface area contributed by atoms with E-state index in [2.05, 4.69) is 51.6 Å². The van der Waals surface area contributed by atoms with Crippen molar-refractivity contribution in [2.24, 2.45) is 0 Å². The molecule has 0 aromatic carbocycles. The van der Waals surface area contributed by atoms with Crippen molar-refractivity contribution in [2.45, 2.75) is 71.0 Å². The molecule has 2 rings (SSSR count). The topological polar surface area (TPSA) is 21.1 Å². The van der Waals surface area contributed by atoms with Crippen LogP contribution in [-0.4, -0.2) is 32.6 Å². The average Bonchev–Trinajstić information content (AvgIpc) is 2.91. The fourth-order valence-electron chi connectivity index (χ4n) is 3.26. The molecule has 1 aliphatic rings. The van der Waals surface area contributed by atoms with E-state index in [1.807, 2.05) is 0 Å². The van der Waals surface area contributed by atoms with E-state index in [-0.39, 0.29) is 0 Å². The first-order valence-corrected chi connectivity index (χ1v) is 9.24. The van der Waals surface area contributed by atoms with E-state index in [1.54, 1.807) is 0 Å². The van der Waals surface area contributed by atoms with E-state index >= 15 is 0 Å². The normalized spacial score (nSPS) is 20.7. The minimum Gasteiger partial charge on any atom is -0.294 e. The smallest absolute Gasteiger partial charge is 0.0765 e. The van der Waals surface area contributed by atoms with E-state index < -0.39 is 0 Å². The lowest BCUT2D eigenvalue weighted by atomic mass is 10.00. The Balaban J connectivity index is 1.97. The van der Waals surface area contributed by atoms with Crippen molar-refractivity contribution in [1.82, 2.24) is 14.7 Å². The van der Waals surface area contributed by atoms with E-state index in [4.69, 9.17) is 5.10 Å². The summed E-state index contributed by atoms with van der Waals surface area (Å²) in [6.45, 7) is 6.73. The fraction of sp³-hybridized carbons (Fsp3) is 0.812. The zero-order chi connectivity index (χ0) is 14.4. The summed E-state index contributed by atoms with van der Waals surface area (Å²) in [5, 5.41) is 5.91. The number of piperidine rings is 1. The summed E-state index contributed by atoms with van der Waals surface area (Å²) in [4.78, 5) is 2.63. The molecule has 3 nitrogen and oxygen atoms in total. The van der Waals surface area contributed by atoms with Crippen LogP contribution in [0.2, 0.25) is 0 Å². The lowest BCUT2D eigenvalue weighted by Crippen LogP contribution is -2.39. The van der Waals surface area contributed by atoms with Gasteiger partial charge in [-0.25, -0.2) is 0 Å². The first-order chi connectivity index (χ1) is 9.78. The van der Waals surface area contributed by atoms with E-state index in [0.717, 1.165) is 30.8 Å². The molecular formula is C16H28BrN3. The number of hydrogen-bond acceptors (Lipinski definition) is 2. The second-order valence-corrected chi connectivity index (χ2v) is 6.65. The van der Waals surface area contributed by atoms with Gasteiger partial charge in [0.05, 0.1) is 11.7 Å². The largest absolute Gasteiger partial charge is 0.294 e. The molecule has 0 spiro atoms. The van der Waals surface area contributed by atoms with Gasteiger partial charge in [-0.05, 0) is 44.7 Å². The van der Waals surface area contributed by atoms with E-state index in [1.165, 1.54) is 37.9 Å². The standard InChI is InChI=1S/C16H28BrN3/c1-3-15(4-2)20-12-9-14(18-20)13-19-11-6-5-7-16(19)8-10-17/h9,12,15-16H,3-8,10-11,13H2,1-2H3. The van der Waals surface area contributed by atoms with Gasteiger partial charge in [-0.15, -0.1) is 0 Å². The van der Waals surface area contributed by atoms with Crippen LogP contribution in [0.15, 0.2) is 12.3 Å². The summed E-state index contributed by atoms with van der Waals surface area (Å²) in [5.41, 5.74) is 1.23. The number of nitrogens with zero attached hydrogens (tertiary/aromatic N) is 3. The van der Waals surface area contributed by atoms with Crippen molar-refractivity contribution in [3.63, 3.8) is 0 Å². The molecule has 1 atom stereocenters. The monoisotopic (exact) mass is 341 g/mol. The molecule has 20 heavy (non-hydrogen) atoms. The molecule has 1 aromatic rings. The molecule has 0 amide bonds. The molecule has 1 fully saturated rings. The Morgan fingerprint density at radius 1 is 1.35 bits per heavy atom. The first-order valence-electron chi connectivity index (χ1n) is 8.12. The van der Waals surface area contributed by atoms with Gasteiger partial charge in [0.1, 0.15) is 0 Å². The molecule has 0 radical (unpaired) electrons. The predicted octanol–water partition coefficient (Wildman–Crippen LogP) is 4.38. The second kappa shape index (κ2) is 8.18. The molecule has 4 heteroatoms. The van der Waals surface area contributed by atoms with Crippen molar-refractivity contribution < 1.29 is 0 Å². The highest BCUT2D eigenvalue weighted by Crippen LogP contribution is 2.22. The molecule has 114 valence electrons. The van der Waals surface area contributed by atoms with Crippen LogP contribution in [0.4, 0.5) is 0 Å². The molecule has 1 unspecified atom stereocenters. The van der Waals surface area contributed by atoms with Crippen molar-refractivity contribution in [2.75, 3.05) is 11.9 Å².